The molecule has 6 nitrogen and oxygen atoms in total. The SMILES string of the molecule is Nc1ccc(S(=O)(=O)N2CCN(c3ccccc3)CC2)nc1. The van der Waals surface area contributed by atoms with Crippen molar-refractivity contribution >= 4 is 21.4 Å². The summed E-state index contributed by atoms with van der Waals surface area (Å²) in [6, 6.07) is 13.0. The maximum atomic E-state index is 12.5. The van der Waals surface area contributed by atoms with Gasteiger partial charge in [0.05, 0.1) is 11.9 Å². The first-order valence-corrected chi connectivity index (χ1v) is 8.53. The Kier molecular flexibility index (Phi) is 4.00. The summed E-state index contributed by atoms with van der Waals surface area (Å²) in [6.07, 6.45) is 1.37. The third-order valence-corrected chi connectivity index (χ3v) is 5.54. The number of nitrogen functional groups attached to an aromatic ring is 1. The second kappa shape index (κ2) is 5.94. The maximum absolute atomic E-state index is 12.5. The van der Waals surface area contributed by atoms with Crippen molar-refractivity contribution in [2.75, 3.05) is 36.8 Å². The number of hydrogen-bond donors (Lipinski definition) is 1. The molecule has 116 valence electrons. The van der Waals surface area contributed by atoms with Gasteiger partial charge in [0.2, 0.25) is 0 Å². The van der Waals surface area contributed by atoms with E-state index in [2.05, 4.69) is 9.88 Å². The van der Waals surface area contributed by atoms with Gasteiger partial charge in [0, 0.05) is 31.9 Å². The second-order valence-electron chi connectivity index (χ2n) is 5.16. The minimum atomic E-state index is -3.54. The normalized spacial score (nSPS) is 16.6. The Morgan fingerprint density at radius 2 is 1.64 bits per heavy atom. The van der Waals surface area contributed by atoms with E-state index in [4.69, 9.17) is 5.73 Å². The Balaban J connectivity index is 1.72. The number of nitrogens with two attached hydrogens (primary N) is 1. The van der Waals surface area contributed by atoms with Gasteiger partial charge in [-0.15, -0.1) is 0 Å². The van der Waals surface area contributed by atoms with Gasteiger partial charge in [-0.25, -0.2) is 13.4 Å². The van der Waals surface area contributed by atoms with Crippen molar-refractivity contribution in [2.45, 2.75) is 5.03 Å². The fourth-order valence-electron chi connectivity index (χ4n) is 2.50. The van der Waals surface area contributed by atoms with E-state index in [-0.39, 0.29) is 5.03 Å². The summed E-state index contributed by atoms with van der Waals surface area (Å²) < 4.78 is 26.6. The molecule has 3 rings (SSSR count). The average Bonchev–Trinajstić information content (AvgIpc) is 2.56. The lowest BCUT2D eigenvalue weighted by Crippen LogP contribution is -2.48. The molecule has 2 heterocycles. The van der Waals surface area contributed by atoms with Crippen LogP contribution in [0.15, 0.2) is 53.7 Å². The van der Waals surface area contributed by atoms with Crippen LogP contribution in [-0.2, 0) is 10.0 Å². The highest BCUT2D eigenvalue weighted by Crippen LogP contribution is 2.20. The number of aromatic nitrogens is 1. The van der Waals surface area contributed by atoms with Crippen molar-refractivity contribution in [2.24, 2.45) is 0 Å². The summed E-state index contributed by atoms with van der Waals surface area (Å²) in [5.74, 6) is 0. The zero-order valence-electron chi connectivity index (χ0n) is 12.1. The van der Waals surface area contributed by atoms with E-state index >= 15 is 0 Å². The highest BCUT2D eigenvalue weighted by molar-refractivity contribution is 7.89. The zero-order valence-corrected chi connectivity index (χ0v) is 12.9. The van der Waals surface area contributed by atoms with Crippen molar-refractivity contribution in [3.05, 3.63) is 48.7 Å². The van der Waals surface area contributed by atoms with Gasteiger partial charge < -0.3 is 10.6 Å². The molecule has 1 aliphatic heterocycles. The van der Waals surface area contributed by atoms with Crippen LogP contribution in [0.5, 0.6) is 0 Å². The first-order chi connectivity index (χ1) is 10.6. The van der Waals surface area contributed by atoms with Crippen LogP contribution < -0.4 is 10.6 Å². The summed E-state index contributed by atoms with van der Waals surface area (Å²) in [6.45, 7) is 2.23. The number of nitrogens with zero attached hydrogens (tertiary/aromatic N) is 3. The van der Waals surface area contributed by atoms with E-state index in [1.165, 1.54) is 16.6 Å². The average molecular weight is 318 g/mol. The third kappa shape index (κ3) is 2.90. The molecule has 2 aromatic rings. The number of sulfonamides is 1. The van der Waals surface area contributed by atoms with Gasteiger partial charge in [0.1, 0.15) is 0 Å². The van der Waals surface area contributed by atoms with Crippen molar-refractivity contribution in [3.63, 3.8) is 0 Å². The molecule has 1 aliphatic rings. The quantitative estimate of drug-likeness (QED) is 0.919. The molecule has 0 spiro atoms. The van der Waals surface area contributed by atoms with Crippen LogP contribution in [0.4, 0.5) is 11.4 Å². The fraction of sp³-hybridized carbons (Fsp3) is 0.267. The molecule has 1 aromatic heterocycles. The van der Waals surface area contributed by atoms with Crippen LogP contribution in [-0.4, -0.2) is 43.9 Å². The first kappa shape index (κ1) is 14.8. The van der Waals surface area contributed by atoms with Crippen LogP contribution in [0, 0.1) is 0 Å². The van der Waals surface area contributed by atoms with Crippen LogP contribution in [0.25, 0.3) is 0 Å². The van der Waals surface area contributed by atoms with E-state index in [1.807, 2.05) is 30.3 Å². The van der Waals surface area contributed by atoms with Crippen molar-refractivity contribution in [1.29, 1.82) is 0 Å². The smallest absolute Gasteiger partial charge is 0.260 e. The van der Waals surface area contributed by atoms with E-state index in [9.17, 15) is 8.42 Å². The summed E-state index contributed by atoms with van der Waals surface area (Å²) in [7, 11) is -3.54. The number of hydrogen-bond acceptors (Lipinski definition) is 5. The number of benzene rings is 1. The Morgan fingerprint density at radius 3 is 2.23 bits per heavy atom. The lowest BCUT2D eigenvalue weighted by atomic mass is 10.2. The minimum absolute atomic E-state index is 0.0508. The molecule has 0 saturated carbocycles. The predicted molar refractivity (Wildman–Crippen MR) is 86.1 cm³/mol. The minimum Gasteiger partial charge on any atom is -0.397 e. The number of anilines is 2. The Labute approximate surface area is 130 Å². The van der Waals surface area contributed by atoms with E-state index in [0.29, 0.717) is 31.9 Å². The molecule has 2 N–H and O–H groups in total. The number of para-hydroxylation sites is 1. The highest BCUT2D eigenvalue weighted by Gasteiger charge is 2.29. The Bertz CT molecular complexity index is 724. The molecule has 7 heteroatoms. The number of rotatable bonds is 3. The van der Waals surface area contributed by atoms with Gasteiger partial charge in [0.15, 0.2) is 5.03 Å². The third-order valence-electron chi connectivity index (χ3n) is 3.72. The van der Waals surface area contributed by atoms with Crippen LogP contribution in [0.1, 0.15) is 0 Å². The van der Waals surface area contributed by atoms with Crippen molar-refractivity contribution in [3.8, 4) is 0 Å². The standard InChI is InChI=1S/C15H18N4O2S/c16-13-6-7-15(17-12-13)22(20,21)19-10-8-18(9-11-19)14-4-2-1-3-5-14/h1-7,12H,8-11,16H2. The van der Waals surface area contributed by atoms with Crippen molar-refractivity contribution < 1.29 is 8.42 Å². The van der Waals surface area contributed by atoms with E-state index in [0.717, 1.165) is 5.69 Å². The summed E-state index contributed by atoms with van der Waals surface area (Å²) in [5, 5.41) is 0.0508. The molecule has 1 fully saturated rings. The summed E-state index contributed by atoms with van der Waals surface area (Å²) in [4.78, 5) is 6.12. The van der Waals surface area contributed by atoms with Gasteiger partial charge in [0.25, 0.3) is 10.0 Å². The Morgan fingerprint density at radius 1 is 0.955 bits per heavy atom. The molecule has 1 aromatic carbocycles. The molecule has 0 amide bonds. The number of piperazine rings is 1. The van der Waals surface area contributed by atoms with Crippen LogP contribution in [0.3, 0.4) is 0 Å². The predicted octanol–water partition coefficient (Wildman–Crippen LogP) is 1.17. The largest absolute Gasteiger partial charge is 0.397 e. The topological polar surface area (TPSA) is 79.5 Å². The highest BCUT2D eigenvalue weighted by atomic mass is 32.2. The van der Waals surface area contributed by atoms with Crippen LogP contribution in [0.2, 0.25) is 0 Å². The molecule has 1 saturated heterocycles. The molecular weight excluding hydrogens is 300 g/mol. The molecule has 0 unspecified atom stereocenters. The van der Waals surface area contributed by atoms with Gasteiger partial charge >= 0.3 is 0 Å². The van der Waals surface area contributed by atoms with Gasteiger partial charge in [-0.2, -0.15) is 4.31 Å². The van der Waals surface area contributed by atoms with Crippen LogP contribution >= 0.6 is 0 Å². The van der Waals surface area contributed by atoms with Gasteiger partial charge in [-0.05, 0) is 24.3 Å². The molecule has 0 radical (unpaired) electrons. The first-order valence-electron chi connectivity index (χ1n) is 7.09. The molecule has 0 atom stereocenters. The monoisotopic (exact) mass is 318 g/mol. The van der Waals surface area contributed by atoms with Gasteiger partial charge in [-0.3, -0.25) is 0 Å². The number of pyridine rings is 1. The Hall–Kier alpha value is -2.12. The molecule has 0 aliphatic carbocycles. The fourth-order valence-corrected chi connectivity index (χ4v) is 3.84. The maximum Gasteiger partial charge on any atom is 0.260 e. The molecule has 0 bridgehead atoms. The zero-order chi connectivity index (χ0) is 15.6. The van der Waals surface area contributed by atoms with Gasteiger partial charge in [-0.1, -0.05) is 18.2 Å². The summed E-state index contributed by atoms with van der Waals surface area (Å²) >= 11 is 0. The van der Waals surface area contributed by atoms with E-state index < -0.39 is 10.0 Å². The molecular formula is C15H18N4O2S. The lowest BCUT2D eigenvalue weighted by Gasteiger charge is -2.35. The van der Waals surface area contributed by atoms with E-state index in [1.54, 1.807) is 6.07 Å². The van der Waals surface area contributed by atoms with Crippen molar-refractivity contribution in [1.82, 2.24) is 9.29 Å². The lowest BCUT2D eigenvalue weighted by molar-refractivity contribution is 0.383. The summed E-state index contributed by atoms with van der Waals surface area (Å²) in [5.41, 5.74) is 7.12. The molecule has 22 heavy (non-hydrogen) atoms. The second-order valence-corrected chi connectivity index (χ2v) is 7.04.